The van der Waals surface area contributed by atoms with E-state index in [2.05, 4.69) is 4.98 Å². The Balaban J connectivity index is 2.52. The third-order valence-corrected chi connectivity index (χ3v) is 3.83. The first kappa shape index (κ1) is 14.6. The zero-order valence-electron chi connectivity index (χ0n) is 11.0. The number of aromatic nitrogens is 2. The van der Waals surface area contributed by atoms with Crippen LogP contribution < -0.4 is 11.4 Å². The van der Waals surface area contributed by atoms with E-state index in [1.54, 1.807) is 6.92 Å². The lowest BCUT2D eigenvalue weighted by molar-refractivity contribution is -0.147. The first-order chi connectivity index (χ1) is 9.28. The smallest absolute Gasteiger partial charge is 0.351 e. The summed E-state index contributed by atoms with van der Waals surface area (Å²) in [5, 5.41) is 0. The largest absolute Gasteiger partial charge is 0.383 e. The molecule has 1 aliphatic rings. The molecule has 3 atom stereocenters. The topological polar surface area (TPSA) is 87.2 Å². The molecule has 2 heterocycles. The number of carbonyl (C=O) groups excluding carboxylic acids is 1. The van der Waals surface area contributed by atoms with Gasteiger partial charge in [-0.1, -0.05) is 13.8 Å². The van der Waals surface area contributed by atoms with Crippen molar-refractivity contribution in [1.82, 2.24) is 9.55 Å². The minimum absolute atomic E-state index is 0.0715. The number of ether oxygens (including phenoxy) is 1. The van der Waals surface area contributed by atoms with Crippen LogP contribution in [-0.2, 0) is 9.53 Å². The fourth-order valence-corrected chi connectivity index (χ4v) is 2.38. The van der Waals surface area contributed by atoms with Crippen molar-refractivity contribution >= 4 is 12.1 Å². The van der Waals surface area contributed by atoms with Crippen LogP contribution in [0.5, 0.6) is 0 Å². The molecular formula is C12H15F2N3O3. The summed E-state index contributed by atoms with van der Waals surface area (Å²) in [5.74, 6) is -4.80. The number of carbonyl (C=O) groups is 1. The van der Waals surface area contributed by atoms with Crippen LogP contribution in [-0.4, -0.2) is 27.4 Å². The van der Waals surface area contributed by atoms with Crippen molar-refractivity contribution in [1.29, 1.82) is 0 Å². The minimum Gasteiger partial charge on any atom is -0.383 e. The lowest BCUT2D eigenvalue weighted by Gasteiger charge is -2.24. The SMILES string of the molecule is CC[C@@]1(C=O)O[C@@H](n2ccc(N)nc2=O)C(F)(F)[C@@H]1C. The maximum Gasteiger partial charge on any atom is 0.351 e. The van der Waals surface area contributed by atoms with Crippen LogP contribution in [0.3, 0.4) is 0 Å². The van der Waals surface area contributed by atoms with Crippen molar-refractivity contribution in [2.75, 3.05) is 5.73 Å². The number of hydrogen-bond acceptors (Lipinski definition) is 5. The molecule has 8 heteroatoms. The van der Waals surface area contributed by atoms with Crippen LogP contribution in [0.25, 0.3) is 0 Å². The Bertz CT molecular complexity index is 590. The van der Waals surface area contributed by atoms with E-state index in [9.17, 15) is 18.4 Å². The van der Waals surface area contributed by atoms with Crippen LogP contribution in [0.4, 0.5) is 14.6 Å². The molecule has 1 aliphatic heterocycles. The van der Waals surface area contributed by atoms with Crippen molar-refractivity contribution in [2.24, 2.45) is 5.92 Å². The van der Waals surface area contributed by atoms with Gasteiger partial charge in [-0.15, -0.1) is 0 Å². The number of nitrogens with zero attached hydrogens (tertiary/aromatic N) is 2. The molecule has 20 heavy (non-hydrogen) atoms. The molecule has 2 N–H and O–H groups in total. The Labute approximate surface area is 113 Å². The molecule has 1 fully saturated rings. The second-order valence-corrected chi connectivity index (χ2v) is 4.84. The van der Waals surface area contributed by atoms with E-state index in [0.29, 0.717) is 10.9 Å². The number of hydrogen-bond donors (Lipinski definition) is 1. The lowest BCUT2D eigenvalue weighted by atomic mass is 9.85. The van der Waals surface area contributed by atoms with Crippen molar-refractivity contribution in [3.63, 3.8) is 0 Å². The highest BCUT2D eigenvalue weighted by Crippen LogP contribution is 2.51. The van der Waals surface area contributed by atoms with Gasteiger partial charge in [-0.2, -0.15) is 4.98 Å². The summed E-state index contributed by atoms with van der Waals surface area (Å²) in [5.41, 5.74) is 2.76. The Morgan fingerprint density at radius 3 is 2.70 bits per heavy atom. The van der Waals surface area contributed by atoms with Gasteiger partial charge in [0.2, 0.25) is 6.23 Å². The third kappa shape index (κ3) is 1.91. The van der Waals surface area contributed by atoms with E-state index in [4.69, 9.17) is 10.5 Å². The standard InChI is InChI=1S/C12H15F2N3O3/c1-3-11(6-18)7(2)12(13,14)9(20-11)17-5-4-8(15)16-10(17)19/h4-7,9H,3H2,1-2H3,(H2,15,16,19)/t7-,9-,11+/m1/s1. The van der Waals surface area contributed by atoms with Gasteiger partial charge in [0, 0.05) is 6.20 Å². The van der Waals surface area contributed by atoms with Crippen LogP contribution in [0.1, 0.15) is 26.5 Å². The second-order valence-electron chi connectivity index (χ2n) is 4.84. The average molecular weight is 287 g/mol. The molecule has 0 unspecified atom stereocenters. The van der Waals surface area contributed by atoms with Crippen molar-refractivity contribution in [2.45, 2.75) is 38.0 Å². The third-order valence-electron chi connectivity index (χ3n) is 3.83. The fourth-order valence-electron chi connectivity index (χ4n) is 2.38. The van der Waals surface area contributed by atoms with Crippen LogP contribution in [0.2, 0.25) is 0 Å². The molecule has 2 rings (SSSR count). The van der Waals surface area contributed by atoms with Crippen LogP contribution >= 0.6 is 0 Å². The minimum atomic E-state index is -3.38. The van der Waals surface area contributed by atoms with Gasteiger partial charge in [-0.05, 0) is 12.5 Å². The maximum atomic E-state index is 14.3. The van der Waals surface area contributed by atoms with Gasteiger partial charge in [0.25, 0.3) is 5.92 Å². The molecule has 1 aromatic heterocycles. The highest BCUT2D eigenvalue weighted by molar-refractivity contribution is 5.64. The predicted molar refractivity (Wildman–Crippen MR) is 66.2 cm³/mol. The first-order valence-electron chi connectivity index (χ1n) is 6.15. The molecule has 0 amide bonds. The maximum absolute atomic E-state index is 14.3. The van der Waals surface area contributed by atoms with Gasteiger partial charge in [0.1, 0.15) is 11.4 Å². The van der Waals surface area contributed by atoms with Gasteiger partial charge in [-0.3, -0.25) is 4.57 Å². The predicted octanol–water partition coefficient (Wildman–Crippen LogP) is 0.973. The molecule has 0 spiro atoms. The lowest BCUT2D eigenvalue weighted by Crippen LogP contribution is -2.40. The number of nitrogens with two attached hydrogens (primary N) is 1. The monoisotopic (exact) mass is 287 g/mol. The van der Waals surface area contributed by atoms with Crippen molar-refractivity contribution in [3.05, 3.63) is 22.7 Å². The highest BCUT2D eigenvalue weighted by Gasteiger charge is 2.64. The molecule has 0 bridgehead atoms. The zero-order valence-corrected chi connectivity index (χ0v) is 11.0. The number of nitrogen functional groups attached to an aromatic ring is 1. The van der Waals surface area contributed by atoms with Crippen molar-refractivity contribution in [3.8, 4) is 0 Å². The fraction of sp³-hybridized carbons (Fsp3) is 0.583. The van der Waals surface area contributed by atoms with Crippen molar-refractivity contribution < 1.29 is 18.3 Å². The molecule has 1 aromatic rings. The molecule has 110 valence electrons. The van der Waals surface area contributed by atoms with Gasteiger partial charge in [0.15, 0.2) is 6.29 Å². The van der Waals surface area contributed by atoms with E-state index in [-0.39, 0.29) is 12.2 Å². The van der Waals surface area contributed by atoms with Gasteiger partial charge >= 0.3 is 5.69 Å². The Hall–Kier alpha value is -1.83. The van der Waals surface area contributed by atoms with E-state index in [0.717, 1.165) is 6.20 Å². The molecular weight excluding hydrogens is 272 g/mol. The van der Waals surface area contributed by atoms with Gasteiger partial charge in [-0.25, -0.2) is 13.6 Å². The summed E-state index contributed by atoms with van der Waals surface area (Å²) in [6.07, 6.45) is -0.322. The molecule has 0 saturated carbocycles. The number of alkyl halides is 2. The second kappa shape index (κ2) is 4.62. The van der Waals surface area contributed by atoms with Gasteiger partial charge in [0.05, 0.1) is 5.92 Å². The molecule has 6 nitrogen and oxygen atoms in total. The number of aldehydes is 1. The number of halogens is 2. The van der Waals surface area contributed by atoms with Crippen LogP contribution in [0, 0.1) is 5.92 Å². The average Bonchev–Trinajstić information content (AvgIpc) is 2.60. The summed E-state index contributed by atoms with van der Waals surface area (Å²) < 4.78 is 34.6. The zero-order chi connectivity index (χ0) is 15.1. The van der Waals surface area contributed by atoms with E-state index >= 15 is 0 Å². The number of rotatable bonds is 3. The van der Waals surface area contributed by atoms with Gasteiger partial charge < -0.3 is 15.3 Å². The molecule has 0 radical (unpaired) electrons. The molecule has 0 aromatic carbocycles. The number of anilines is 1. The van der Waals surface area contributed by atoms with E-state index in [1.807, 2.05) is 0 Å². The summed E-state index contributed by atoms with van der Waals surface area (Å²) in [4.78, 5) is 26.3. The van der Waals surface area contributed by atoms with E-state index < -0.39 is 29.4 Å². The summed E-state index contributed by atoms with van der Waals surface area (Å²) in [6, 6.07) is 1.22. The summed E-state index contributed by atoms with van der Waals surface area (Å²) in [6.45, 7) is 2.81. The first-order valence-corrected chi connectivity index (χ1v) is 6.15. The molecule has 0 aliphatic carbocycles. The Morgan fingerprint density at radius 1 is 1.60 bits per heavy atom. The van der Waals surface area contributed by atoms with Crippen LogP contribution in [0.15, 0.2) is 17.1 Å². The highest BCUT2D eigenvalue weighted by atomic mass is 19.3. The van der Waals surface area contributed by atoms with E-state index in [1.165, 1.54) is 13.0 Å². The summed E-state index contributed by atoms with van der Waals surface area (Å²) in [7, 11) is 0. The Kier molecular flexibility index (Phi) is 3.37. The normalized spacial score (nSPS) is 32.2. The Morgan fingerprint density at radius 2 is 2.25 bits per heavy atom. The quantitative estimate of drug-likeness (QED) is 0.837. The molecule has 1 saturated heterocycles. The summed E-state index contributed by atoms with van der Waals surface area (Å²) >= 11 is 0.